The highest BCUT2D eigenvalue weighted by Gasteiger charge is 2.19. The lowest BCUT2D eigenvalue weighted by atomic mass is 9.97. The van der Waals surface area contributed by atoms with Gasteiger partial charge in [0.1, 0.15) is 0 Å². The summed E-state index contributed by atoms with van der Waals surface area (Å²) in [6.07, 6.45) is 2.28. The summed E-state index contributed by atoms with van der Waals surface area (Å²) in [6.45, 7) is 3.67. The fraction of sp³-hybridized carbons (Fsp3) is 0.500. The van der Waals surface area contributed by atoms with Crippen LogP contribution in [0.1, 0.15) is 24.0 Å². The number of nitriles is 1. The van der Waals surface area contributed by atoms with Crippen molar-refractivity contribution in [3.63, 3.8) is 0 Å². The van der Waals surface area contributed by atoms with Crippen LogP contribution in [0.15, 0.2) is 24.3 Å². The first-order valence-electron chi connectivity index (χ1n) is 7.31. The molecule has 0 bridgehead atoms. The highest BCUT2D eigenvalue weighted by atomic mass is 16.4. The van der Waals surface area contributed by atoms with E-state index in [2.05, 4.69) is 16.3 Å². The van der Waals surface area contributed by atoms with Gasteiger partial charge in [0.25, 0.3) is 0 Å². The lowest BCUT2D eigenvalue weighted by Crippen LogP contribution is -2.40. The largest absolute Gasteiger partial charge is 0.480 e. The van der Waals surface area contributed by atoms with Gasteiger partial charge in [0, 0.05) is 13.1 Å². The lowest BCUT2D eigenvalue weighted by Gasteiger charge is -2.32. The Morgan fingerprint density at radius 2 is 2.38 bits per heavy atom. The molecule has 0 amide bonds. The Morgan fingerprint density at radius 1 is 1.52 bits per heavy atom. The summed E-state index contributed by atoms with van der Waals surface area (Å²) >= 11 is 0. The number of carboxylic acid groups (broad SMARTS) is 1. The number of piperidine rings is 1. The van der Waals surface area contributed by atoms with Gasteiger partial charge in [-0.05, 0) is 49.5 Å². The topological polar surface area (TPSA) is 76.4 Å². The predicted octanol–water partition coefficient (Wildman–Crippen LogP) is 1.44. The van der Waals surface area contributed by atoms with Crippen molar-refractivity contribution >= 4 is 5.97 Å². The quantitative estimate of drug-likeness (QED) is 0.828. The number of rotatable bonds is 6. The Labute approximate surface area is 125 Å². The van der Waals surface area contributed by atoms with E-state index in [4.69, 9.17) is 10.4 Å². The van der Waals surface area contributed by atoms with Crippen molar-refractivity contribution in [2.75, 3.05) is 26.2 Å². The monoisotopic (exact) mass is 287 g/mol. The molecule has 1 aliphatic rings. The average molecular weight is 287 g/mol. The van der Waals surface area contributed by atoms with Crippen LogP contribution in [0.25, 0.3) is 0 Å². The fourth-order valence-corrected chi connectivity index (χ4v) is 2.84. The molecule has 0 aliphatic carbocycles. The number of carboxylic acids is 1. The summed E-state index contributed by atoms with van der Waals surface area (Å²) in [4.78, 5) is 12.9. The van der Waals surface area contributed by atoms with Gasteiger partial charge in [-0.2, -0.15) is 5.26 Å². The summed E-state index contributed by atoms with van der Waals surface area (Å²) in [5.74, 6) is -0.312. The van der Waals surface area contributed by atoms with Crippen molar-refractivity contribution in [3.05, 3.63) is 35.4 Å². The zero-order chi connectivity index (χ0) is 15.1. The van der Waals surface area contributed by atoms with Gasteiger partial charge in [-0.3, -0.25) is 9.69 Å². The van der Waals surface area contributed by atoms with Gasteiger partial charge < -0.3 is 10.4 Å². The van der Waals surface area contributed by atoms with Gasteiger partial charge in [0.15, 0.2) is 0 Å². The average Bonchev–Trinajstić information content (AvgIpc) is 2.47. The predicted molar refractivity (Wildman–Crippen MR) is 79.7 cm³/mol. The van der Waals surface area contributed by atoms with Gasteiger partial charge >= 0.3 is 5.97 Å². The first-order valence-corrected chi connectivity index (χ1v) is 7.31. The number of likely N-dealkylation sites (tertiary alicyclic amines) is 1. The van der Waals surface area contributed by atoms with Crippen LogP contribution in [-0.2, 0) is 11.3 Å². The number of carbonyl (C=O) groups is 1. The third-order valence-electron chi connectivity index (χ3n) is 3.77. The van der Waals surface area contributed by atoms with E-state index in [1.165, 1.54) is 0 Å². The molecular weight excluding hydrogens is 266 g/mol. The van der Waals surface area contributed by atoms with Gasteiger partial charge in [-0.15, -0.1) is 0 Å². The van der Waals surface area contributed by atoms with Crippen molar-refractivity contribution in [1.29, 1.82) is 5.26 Å². The van der Waals surface area contributed by atoms with E-state index in [1.54, 1.807) is 0 Å². The van der Waals surface area contributed by atoms with E-state index in [0.717, 1.165) is 44.6 Å². The molecule has 1 saturated heterocycles. The van der Waals surface area contributed by atoms with Gasteiger partial charge in [0.05, 0.1) is 18.2 Å². The van der Waals surface area contributed by atoms with E-state index in [9.17, 15) is 4.79 Å². The molecule has 2 rings (SSSR count). The maximum atomic E-state index is 10.5. The molecule has 1 aromatic rings. The van der Waals surface area contributed by atoms with Crippen LogP contribution in [-0.4, -0.2) is 42.2 Å². The van der Waals surface area contributed by atoms with Crippen molar-refractivity contribution in [3.8, 4) is 6.07 Å². The normalized spacial score (nSPS) is 19.1. The second-order valence-electron chi connectivity index (χ2n) is 5.58. The zero-order valence-corrected chi connectivity index (χ0v) is 12.1. The number of hydrogen-bond donors (Lipinski definition) is 2. The van der Waals surface area contributed by atoms with Gasteiger partial charge in [0.2, 0.25) is 0 Å². The highest BCUT2D eigenvalue weighted by Crippen LogP contribution is 2.18. The SMILES string of the molecule is N#Cc1cccc(CN2CCCC(CNCC(=O)O)C2)c1. The lowest BCUT2D eigenvalue weighted by molar-refractivity contribution is -0.136. The van der Waals surface area contributed by atoms with Crippen LogP contribution in [0.4, 0.5) is 0 Å². The summed E-state index contributed by atoms with van der Waals surface area (Å²) in [5.41, 5.74) is 1.86. The number of nitrogens with one attached hydrogen (secondary N) is 1. The molecule has 1 heterocycles. The van der Waals surface area contributed by atoms with Crippen LogP contribution in [0.5, 0.6) is 0 Å². The minimum Gasteiger partial charge on any atom is -0.480 e. The smallest absolute Gasteiger partial charge is 0.317 e. The molecule has 0 spiro atoms. The first-order chi connectivity index (χ1) is 10.2. The van der Waals surface area contributed by atoms with Crippen LogP contribution >= 0.6 is 0 Å². The Balaban J connectivity index is 1.83. The molecule has 1 atom stereocenters. The van der Waals surface area contributed by atoms with E-state index in [0.29, 0.717) is 11.5 Å². The van der Waals surface area contributed by atoms with E-state index >= 15 is 0 Å². The minimum absolute atomic E-state index is 0.0285. The molecule has 0 aromatic heterocycles. The zero-order valence-electron chi connectivity index (χ0n) is 12.1. The third-order valence-corrected chi connectivity index (χ3v) is 3.77. The van der Waals surface area contributed by atoms with E-state index < -0.39 is 5.97 Å². The minimum atomic E-state index is -0.809. The second-order valence-corrected chi connectivity index (χ2v) is 5.58. The van der Waals surface area contributed by atoms with Crippen molar-refractivity contribution in [2.24, 2.45) is 5.92 Å². The Morgan fingerprint density at radius 3 is 3.14 bits per heavy atom. The molecule has 1 unspecified atom stereocenters. The summed E-state index contributed by atoms with van der Waals surface area (Å²) in [5, 5.41) is 20.6. The molecular formula is C16H21N3O2. The van der Waals surface area contributed by atoms with Crippen molar-refractivity contribution in [1.82, 2.24) is 10.2 Å². The van der Waals surface area contributed by atoms with Crippen molar-refractivity contribution in [2.45, 2.75) is 19.4 Å². The molecule has 1 fully saturated rings. The van der Waals surface area contributed by atoms with Crippen LogP contribution in [0, 0.1) is 17.2 Å². The molecule has 2 N–H and O–H groups in total. The van der Waals surface area contributed by atoms with Crippen molar-refractivity contribution < 1.29 is 9.90 Å². The molecule has 112 valence electrons. The highest BCUT2D eigenvalue weighted by molar-refractivity contribution is 5.68. The molecule has 0 radical (unpaired) electrons. The Hall–Kier alpha value is -1.90. The summed E-state index contributed by atoms with van der Waals surface area (Å²) in [7, 11) is 0. The molecule has 1 aliphatic heterocycles. The standard InChI is InChI=1S/C16H21N3O2/c17-8-13-3-1-4-14(7-13)11-19-6-2-5-15(12-19)9-18-10-16(20)21/h1,3-4,7,15,18H,2,5-6,9-12H2,(H,20,21). The van der Waals surface area contributed by atoms with E-state index in [-0.39, 0.29) is 6.54 Å². The maximum Gasteiger partial charge on any atom is 0.317 e. The van der Waals surface area contributed by atoms with Crippen LogP contribution in [0.2, 0.25) is 0 Å². The van der Waals surface area contributed by atoms with Crippen LogP contribution in [0.3, 0.4) is 0 Å². The summed E-state index contributed by atoms with van der Waals surface area (Å²) in [6, 6.07) is 9.89. The molecule has 1 aromatic carbocycles. The maximum absolute atomic E-state index is 10.5. The third kappa shape index (κ3) is 5.18. The van der Waals surface area contributed by atoms with Crippen LogP contribution < -0.4 is 5.32 Å². The number of aliphatic carboxylic acids is 1. The fourth-order valence-electron chi connectivity index (χ4n) is 2.84. The van der Waals surface area contributed by atoms with E-state index in [1.807, 2.05) is 24.3 Å². The van der Waals surface area contributed by atoms with Gasteiger partial charge in [-0.1, -0.05) is 12.1 Å². The second kappa shape index (κ2) is 7.77. The Bertz CT molecular complexity index is 524. The van der Waals surface area contributed by atoms with Gasteiger partial charge in [-0.25, -0.2) is 0 Å². The summed E-state index contributed by atoms with van der Waals surface area (Å²) < 4.78 is 0. The molecule has 5 heteroatoms. The first kappa shape index (κ1) is 15.5. The number of nitrogens with zero attached hydrogens (tertiary/aromatic N) is 2. The molecule has 0 saturated carbocycles. The molecule has 5 nitrogen and oxygen atoms in total. The number of benzene rings is 1. The molecule has 21 heavy (non-hydrogen) atoms. The Kier molecular flexibility index (Phi) is 5.73. The number of hydrogen-bond acceptors (Lipinski definition) is 4.